The van der Waals surface area contributed by atoms with E-state index >= 15 is 0 Å². The maximum atomic E-state index is 12.5. The topological polar surface area (TPSA) is 63.9 Å². The normalized spacial score (nSPS) is 16.6. The van der Waals surface area contributed by atoms with Gasteiger partial charge in [0.25, 0.3) is 5.91 Å². The van der Waals surface area contributed by atoms with E-state index < -0.39 is 0 Å². The summed E-state index contributed by atoms with van der Waals surface area (Å²) in [6.45, 7) is 5.71. The maximum absolute atomic E-state index is 12.5. The smallest absolute Gasteiger partial charge is 0.265 e. The first kappa shape index (κ1) is 14.2. The molecule has 1 amide bonds. The third kappa shape index (κ3) is 2.97. The number of carbonyl (C=O) groups excluding carboxylic acids is 1. The SMILES string of the molecule is CC(C)c1ncc(C(=O)N2CCC(n3ccnn3)CC2)s1. The van der Waals surface area contributed by atoms with Gasteiger partial charge in [-0.05, 0) is 12.8 Å². The average Bonchev–Trinajstić information content (AvgIpc) is 3.18. The standard InChI is InChI=1S/C14H19N5OS/c1-10(2)13-15-9-12(21-13)14(20)18-6-3-11(4-7-18)19-8-5-16-17-19/h5,8-11H,3-4,6-7H2,1-2H3. The fourth-order valence-corrected chi connectivity index (χ4v) is 3.44. The van der Waals surface area contributed by atoms with Gasteiger partial charge in [-0.3, -0.25) is 4.79 Å². The number of thiazole rings is 1. The Morgan fingerprint density at radius 1 is 1.38 bits per heavy atom. The number of nitrogens with zero attached hydrogens (tertiary/aromatic N) is 5. The number of carbonyl (C=O) groups is 1. The predicted octanol–water partition coefficient (Wildman–Crippen LogP) is 2.34. The lowest BCUT2D eigenvalue weighted by Crippen LogP contribution is -2.38. The molecule has 7 heteroatoms. The highest BCUT2D eigenvalue weighted by atomic mass is 32.1. The fourth-order valence-electron chi connectivity index (χ4n) is 2.55. The summed E-state index contributed by atoms with van der Waals surface area (Å²) in [7, 11) is 0. The molecule has 2 aromatic rings. The van der Waals surface area contributed by atoms with Crippen molar-refractivity contribution < 1.29 is 4.79 Å². The zero-order valence-corrected chi connectivity index (χ0v) is 13.1. The summed E-state index contributed by atoms with van der Waals surface area (Å²) in [6, 6.07) is 0.351. The van der Waals surface area contributed by atoms with Crippen molar-refractivity contribution in [2.75, 3.05) is 13.1 Å². The lowest BCUT2D eigenvalue weighted by Gasteiger charge is -2.31. The van der Waals surface area contributed by atoms with Crippen molar-refractivity contribution in [2.45, 2.75) is 38.6 Å². The molecule has 1 saturated heterocycles. The number of hydrogen-bond donors (Lipinski definition) is 0. The van der Waals surface area contributed by atoms with Crippen LogP contribution in [0.1, 0.15) is 53.3 Å². The van der Waals surface area contributed by atoms with Crippen LogP contribution in [0.25, 0.3) is 0 Å². The largest absolute Gasteiger partial charge is 0.338 e. The molecule has 0 aliphatic carbocycles. The van der Waals surface area contributed by atoms with Gasteiger partial charge >= 0.3 is 0 Å². The van der Waals surface area contributed by atoms with E-state index in [-0.39, 0.29) is 5.91 Å². The first-order valence-electron chi connectivity index (χ1n) is 7.26. The molecule has 0 unspecified atom stereocenters. The Morgan fingerprint density at radius 2 is 2.14 bits per heavy atom. The molecule has 0 radical (unpaired) electrons. The molecule has 21 heavy (non-hydrogen) atoms. The zero-order valence-electron chi connectivity index (χ0n) is 12.3. The third-order valence-electron chi connectivity index (χ3n) is 3.80. The molecule has 2 aromatic heterocycles. The Balaban J connectivity index is 1.62. The summed E-state index contributed by atoms with van der Waals surface area (Å²) in [4.78, 5) is 19.5. The maximum Gasteiger partial charge on any atom is 0.265 e. The summed E-state index contributed by atoms with van der Waals surface area (Å²) in [5, 5.41) is 8.91. The van der Waals surface area contributed by atoms with Crippen molar-refractivity contribution in [1.29, 1.82) is 0 Å². The quantitative estimate of drug-likeness (QED) is 0.873. The molecule has 0 N–H and O–H groups in total. The molecule has 1 aliphatic heterocycles. The van der Waals surface area contributed by atoms with Crippen LogP contribution in [0.5, 0.6) is 0 Å². The lowest BCUT2D eigenvalue weighted by molar-refractivity contribution is 0.0694. The van der Waals surface area contributed by atoms with Gasteiger partial charge in [-0.1, -0.05) is 19.1 Å². The molecule has 0 saturated carbocycles. The number of rotatable bonds is 3. The molecule has 112 valence electrons. The Kier molecular flexibility index (Phi) is 4.01. The minimum atomic E-state index is 0.108. The first-order valence-corrected chi connectivity index (χ1v) is 8.07. The molecule has 3 heterocycles. The van der Waals surface area contributed by atoms with E-state index in [0.29, 0.717) is 12.0 Å². The van der Waals surface area contributed by atoms with Gasteiger partial charge in [0.2, 0.25) is 0 Å². The van der Waals surface area contributed by atoms with Crippen molar-refractivity contribution in [1.82, 2.24) is 24.9 Å². The van der Waals surface area contributed by atoms with Gasteiger partial charge < -0.3 is 4.90 Å². The molecular weight excluding hydrogens is 286 g/mol. The van der Waals surface area contributed by atoms with Crippen LogP contribution in [0.2, 0.25) is 0 Å². The molecule has 1 fully saturated rings. The van der Waals surface area contributed by atoms with E-state index in [9.17, 15) is 4.79 Å². The first-order chi connectivity index (χ1) is 10.1. The summed E-state index contributed by atoms with van der Waals surface area (Å²) >= 11 is 1.51. The van der Waals surface area contributed by atoms with Crippen LogP contribution in [0.15, 0.2) is 18.6 Å². The molecule has 0 bridgehead atoms. The third-order valence-corrected chi connectivity index (χ3v) is 5.08. The average molecular weight is 305 g/mol. The van der Waals surface area contributed by atoms with Crippen LogP contribution in [-0.4, -0.2) is 43.9 Å². The Bertz CT molecular complexity index is 599. The number of hydrogen-bond acceptors (Lipinski definition) is 5. The molecule has 3 rings (SSSR count). The number of piperidine rings is 1. The van der Waals surface area contributed by atoms with Gasteiger partial charge in [0, 0.05) is 25.2 Å². The van der Waals surface area contributed by atoms with Gasteiger partial charge in [-0.15, -0.1) is 16.4 Å². The van der Waals surface area contributed by atoms with E-state index in [4.69, 9.17) is 0 Å². The van der Waals surface area contributed by atoms with Crippen molar-refractivity contribution in [3.63, 3.8) is 0 Å². The van der Waals surface area contributed by atoms with E-state index in [0.717, 1.165) is 35.8 Å². The predicted molar refractivity (Wildman–Crippen MR) is 80.4 cm³/mol. The van der Waals surface area contributed by atoms with Crippen molar-refractivity contribution in [2.24, 2.45) is 0 Å². The lowest BCUT2D eigenvalue weighted by atomic mass is 10.1. The van der Waals surface area contributed by atoms with Crippen LogP contribution < -0.4 is 0 Å². The van der Waals surface area contributed by atoms with Crippen molar-refractivity contribution >= 4 is 17.2 Å². The highest BCUT2D eigenvalue weighted by molar-refractivity contribution is 7.13. The Labute approximate surface area is 127 Å². The van der Waals surface area contributed by atoms with Crippen LogP contribution >= 0.6 is 11.3 Å². The van der Waals surface area contributed by atoms with Gasteiger partial charge in [-0.2, -0.15) is 0 Å². The molecule has 6 nitrogen and oxygen atoms in total. The molecule has 0 spiro atoms. The van der Waals surface area contributed by atoms with Crippen LogP contribution in [0.4, 0.5) is 0 Å². The Morgan fingerprint density at radius 3 is 2.71 bits per heavy atom. The fraction of sp³-hybridized carbons (Fsp3) is 0.571. The molecule has 0 atom stereocenters. The minimum Gasteiger partial charge on any atom is -0.338 e. The Hall–Kier alpha value is -1.76. The molecular formula is C14H19N5OS. The number of likely N-dealkylation sites (tertiary alicyclic amines) is 1. The van der Waals surface area contributed by atoms with Gasteiger partial charge in [0.1, 0.15) is 4.88 Å². The van der Waals surface area contributed by atoms with E-state index in [2.05, 4.69) is 29.1 Å². The monoisotopic (exact) mass is 305 g/mol. The van der Waals surface area contributed by atoms with Crippen molar-refractivity contribution in [3.8, 4) is 0 Å². The van der Waals surface area contributed by atoms with Crippen LogP contribution in [0.3, 0.4) is 0 Å². The number of aromatic nitrogens is 4. The highest BCUT2D eigenvalue weighted by Crippen LogP contribution is 2.26. The van der Waals surface area contributed by atoms with Gasteiger partial charge in [0.15, 0.2) is 0 Å². The van der Waals surface area contributed by atoms with Crippen molar-refractivity contribution in [3.05, 3.63) is 28.5 Å². The van der Waals surface area contributed by atoms with E-state index in [1.807, 2.05) is 15.8 Å². The second kappa shape index (κ2) is 5.93. The second-order valence-corrected chi connectivity index (χ2v) is 6.69. The van der Waals surface area contributed by atoms with Gasteiger partial charge in [0.05, 0.1) is 23.4 Å². The summed E-state index contributed by atoms with van der Waals surface area (Å²) < 4.78 is 1.89. The zero-order chi connectivity index (χ0) is 14.8. The summed E-state index contributed by atoms with van der Waals surface area (Å²) in [6.07, 6.45) is 7.14. The minimum absolute atomic E-state index is 0.108. The number of amides is 1. The molecule has 1 aliphatic rings. The van der Waals surface area contributed by atoms with Crippen LogP contribution in [-0.2, 0) is 0 Å². The van der Waals surface area contributed by atoms with E-state index in [1.165, 1.54) is 11.3 Å². The summed E-state index contributed by atoms with van der Waals surface area (Å²) in [5.41, 5.74) is 0. The summed E-state index contributed by atoms with van der Waals surface area (Å²) in [5.74, 6) is 0.478. The van der Waals surface area contributed by atoms with E-state index in [1.54, 1.807) is 12.4 Å². The second-order valence-electron chi connectivity index (χ2n) is 5.62. The molecule has 0 aromatic carbocycles. The van der Waals surface area contributed by atoms with Gasteiger partial charge in [-0.25, -0.2) is 9.67 Å². The van der Waals surface area contributed by atoms with Crippen LogP contribution in [0, 0.1) is 0 Å². The highest BCUT2D eigenvalue weighted by Gasteiger charge is 2.26.